The number of aromatic nitrogens is 2. The van der Waals surface area contributed by atoms with Crippen molar-refractivity contribution in [3.63, 3.8) is 0 Å². The van der Waals surface area contributed by atoms with Crippen molar-refractivity contribution in [3.05, 3.63) is 48.5 Å². The molecule has 4 nitrogen and oxygen atoms in total. The Labute approximate surface area is 87.2 Å². The molecule has 0 aliphatic rings. The number of hydrogen-bond acceptors (Lipinski definition) is 4. The Morgan fingerprint density at radius 1 is 1.07 bits per heavy atom. The third-order valence-corrected chi connectivity index (χ3v) is 1.82. The van der Waals surface area contributed by atoms with Crippen LogP contribution in [0.3, 0.4) is 0 Å². The summed E-state index contributed by atoms with van der Waals surface area (Å²) in [5.74, 6) is 1.53. The van der Waals surface area contributed by atoms with E-state index in [1.165, 1.54) is 0 Å². The lowest BCUT2D eigenvalue weighted by Gasteiger charge is -2.04. The summed E-state index contributed by atoms with van der Waals surface area (Å²) >= 11 is 0. The highest BCUT2D eigenvalue weighted by molar-refractivity contribution is 5.30. The van der Waals surface area contributed by atoms with Gasteiger partial charge in [-0.1, -0.05) is 0 Å². The van der Waals surface area contributed by atoms with Gasteiger partial charge in [0.15, 0.2) is 5.82 Å². The second-order valence-corrected chi connectivity index (χ2v) is 2.95. The number of phenolic OH excluding ortho intramolecular Hbond substituents is 1. The molecule has 1 aromatic carbocycles. The van der Waals surface area contributed by atoms with Gasteiger partial charge in [0.2, 0.25) is 0 Å². The zero-order chi connectivity index (χ0) is 10.5. The van der Waals surface area contributed by atoms with E-state index in [0.717, 1.165) is 0 Å². The van der Waals surface area contributed by atoms with Gasteiger partial charge in [-0.3, -0.25) is 0 Å². The molecule has 1 aromatic heterocycles. The van der Waals surface area contributed by atoms with E-state index in [9.17, 15) is 0 Å². The molecule has 0 saturated carbocycles. The van der Waals surface area contributed by atoms with E-state index in [4.69, 9.17) is 9.84 Å². The van der Waals surface area contributed by atoms with Gasteiger partial charge >= 0.3 is 0 Å². The second kappa shape index (κ2) is 4.41. The molecule has 1 heterocycles. The molecule has 4 heteroatoms. The van der Waals surface area contributed by atoms with Gasteiger partial charge < -0.3 is 9.84 Å². The van der Waals surface area contributed by atoms with Crippen LogP contribution in [0.4, 0.5) is 0 Å². The summed E-state index contributed by atoms with van der Waals surface area (Å²) in [7, 11) is 0. The van der Waals surface area contributed by atoms with Gasteiger partial charge in [0.25, 0.3) is 0 Å². The summed E-state index contributed by atoms with van der Waals surface area (Å²) in [6, 6.07) is 8.28. The maximum absolute atomic E-state index is 9.06. The van der Waals surface area contributed by atoms with Crippen LogP contribution in [0.15, 0.2) is 42.7 Å². The fourth-order valence-corrected chi connectivity index (χ4v) is 1.09. The predicted molar refractivity (Wildman–Crippen MR) is 54.5 cm³/mol. The topological polar surface area (TPSA) is 55.2 Å². The van der Waals surface area contributed by atoms with Gasteiger partial charge in [0.1, 0.15) is 18.1 Å². The van der Waals surface area contributed by atoms with Gasteiger partial charge in [0, 0.05) is 12.4 Å². The fourth-order valence-electron chi connectivity index (χ4n) is 1.09. The van der Waals surface area contributed by atoms with Crippen LogP contribution in [-0.4, -0.2) is 15.1 Å². The Bertz CT molecular complexity index is 414. The van der Waals surface area contributed by atoms with Crippen LogP contribution < -0.4 is 4.74 Å². The molecule has 2 rings (SSSR count). The summed E-state index contributed by atoms with van der Waals surface area (Å²) < 4.78 is 5.41. The predicted octanol–water partition coefficient (Wildman–Crippen LogP) is 1.76. The number of rotatable bonds is 3. The van der Waals surface area contributed by atoms with Crippen molar-refractivity contribution < 1.29 is 9.84 Å². The first kappa shape index (κ1) is 9.45. The van der Waals surface area contributed by atoms with Crippen molar-refractivity contribution in [2.24, 2.45) is 0 Å². The van der Waals surface area contributed by atoms with Gasteiger partial charge in [-0.25, -0.2) is 9.97 Å². The maximum atomic E-state index is 9.06. The Morgan fingerprint density at radius 3 is 2.40 bits per heavy atom. The first-order valence-corrected chi connectivity index (χ1v) is 4.52. The highest BCUT2D eigenvalue weighted by Crippen LogP contribution is 2.16. The molecule has 0 fully saturated rings. The third-order valence-electron chi connectivity index (χ3n) is 1.82. The summed E-state index contributed by atoms with van der Waals surface area (Å²) in [5.41, 5.74) is 0. The molecule has 1 N–H and O–H groups in total. The van der Waals surface area contributed by atoms with Crippen molar-refractivity contribution in [1.29, 1.82) is 0 Å². The lowest BCUT2D eigenvalue weighted by atomic mass is 10.3. The zero-order valence-corrected chi connectivity index (χ0v) is 8.00. The molecule has 0 atom stereocenters. The lowest BCUT2D eigenvalue weighted by molar-refractivity contribution is 0.295. The quantitative estimate of drug-likeness (QED) is 0.823. The minimum absolute atomic E-state index is 0.221. The monoisotopic (exact) mass is 202 g/mol. The molecule has 0 aliphatic heterocycles. The number of ether oxygens (including phenoxy) is 1. The Kier molecular flexibility index (Phi) is 2.78. The SMILES string of the molecule is Oc1ccc(OCc2ncccn2)cc1. The minimum atomic E-state index is 0.221. The normalized spacial score (nSPS) is 9.87. The lowest BCUT2D eigenvalue weighted by Crippen LogP contribution is -1.99. The van der Waals surface area contributed by atoms with Crippen molar-refractivity contribution in [2.45, 2.75) is 6.61 Å². The van der Waals surface area contributed by atoms with Crippen LogP contribution in [0, 0.1) is 0 Å². The van der Waals surface area contributed by atoms with E-state index in [1.54, 1.807) is 42.7 Å². The van der Waals surface area contributed by atoms with Crippen LogP contribution in [-0.2, 0) is 6.61 Å². The average Bonchev–Trinajstić information content (AvgIpc) is 2.30. The fraction of sp³-hybridized carbons (Fsp3) is 0.0909. The third kappa shape index (κ3) is 2.67. The van der Waals surface area contributed by atoms with Gasteiger partial charge in [0.05, 0.1) is 0 Å². The number of nitrogens with zero attached hydrogens (tertiary/aromatic N) is 2. The van der Waals surface area contributed by atoms with Crippen LogP contribution in [0.1, 0.15) is 5.82 Å². The molecule has 0 aliphatic carbocycles. The largest absolute Gasteiger partial charge is 0.508 e. The summed E-state index contributed by atoms with van der Waals surface area (Å²) in [4.78, 5) is 8.05. The van der Waals surface area contributed by atoms with E-state index in [2.05, 4.69) is 9.97 Å². The average molecular weight is 202 g/mol. The molecule has 76 valence electrons. The zero-order valence-electron chi connectivity index (χ0n) is 8.00. The number of benzene rings is 1. The molecule has 2 aromatic rings. The van der Waals surface area contributed by atoms with Gasteiger partial charge in [-0.05, 0) is 30.3 Å². The smallest absolute Gasteiger partial charge is 0.166 e. The van der Waals surface area contributed by atoms with Crippen LogP contribution >= 0.6 is 0 Å². The highest BCUT2D eigenvalue weighted by Gasteiger charge is 1.97. The standard InChI is InChI=1S/C11H10N2O2/c14-9-2-4-10(5-3-9)15-8-11-12-6-1-7-13-11/h1-7,14H,8H2. The molecular weight excluding hydrogens is 192 g/mol. The first-order chi connectivity index (χ1) is 7.34. The van der Waals surface area contributed by atoms with Crippen molar-refractivity contribution >= 4 is 0 Å². The molecular formula is C11H10N2O2. The van der Waals surface area contributed by atoms with E-state index >= 15 is 0 Å². The summed E-state index contributed by atoms with van der Waals surface area (Å²) in [5, 5.41) is 9.06. The van der Waals surface area contributed by atoms with E-state index in [0.29, 0.717) is 18.2 Å². The molecule has 0 saturated heterocycles. The highest BCUT2D eigenvalue weighted by atomic mass is 16.5. The van der Waals surface area contributed by atoms with E-state index in [-0.39, 0.29) is 5.75 Å². The first-order valence-electron chi connectivity index (χ1n) is 4.52. The number of hydrogen-bond donors (Lipinski definition) is 1. The molecule has 0 spiro atoms. The molecule has 0 unspecified atom stereocenters. The Hall–Kier alpha value is -2.10. The van der Waals surface area contributed by atoms with Crippen LogP contribution in [0.25, 0.3) is 0 Å². The molecule has 15 heavy (non-hydrogen) atoms. The Morgan fingerprint density at radius 2 is 1.73 bits per heavy atom. The van der Waals surface area contributed by atoms with Crippen molar-refractivity contribution in [2.75, 3.05) is 0 Å². The number of aromatic hydroxyl groups is 1. The number of phenols is 1. The van der Waals surface area contributed by atoms with Crippen molar-refractivity contribution in [3.8, 4) is 11.5 Å². The van der Waals surface area contributed by atoms with E-state index < -0.39 is 0 Å². The van der Waals surface area contributed by atoms with Gasteiger partial charge in [-0.2, -0.15) is 0 Å². The summed E-state index contributed by atoms with van der Waals surface area (Å²) in [6.45, 7) is 0.325. The van der Waals surface area contributed by atoms with Crippen molar-refractivity contribution in [1.82, 2.24) is 9.97 Å². The second-order valence-electron chi connectivity index (χ2n) is 2.95. The molecule has 0 amide bonds. The summed E-state index contributed by atoms with van der Waals surface area (Å²) in [6.07, 6.45) is 3.34. The molecule has 0 bridgehead atoms. The van der Waals surface area contributed by atoms with Gasteiger partial charge in [-0.15, -0.1) is 0 Å². The Balaban J connectivity index is 1.96. The van der Waals surface area contributed by atoms with E-state index in [1.807, 2.05) is 0 Å². The molecule has 0 radical (unpaired) electrons. The van der Waals surface area contributed by atoms with Crippen LogP contribution in [0.5, 0.6) is 11.5 Å². The maximum Gasteiger partial charge on any atom is 0.166 e. The minimum Gasteiger partial charge on any atom is -0.508 e. The van der Waals surface area contributed by atoms with Crippen LogP contribution in [0.2, 0.25) is 0 Å².